The van der Waals surface area contributed by atoms with Gasteiger partial charge in [-0.05, 0) is 104 Å². The van der Waals surface area contributed by atoms with Gasteiger partial charge in [0.05, 0.1) is 11.4 Å². The van der Waals surface area contributed by atoms with Crippen LogP contribution in [0.15, 0.2) is 48.7 Å². The molecule has 2 heterocycles. The maximum absolute atomic E-state index is 15.3. The van der Waals surface area contributed by atoms with Crippen LogP contribution >= 0.6 is 0 Å². The molecule has 1 saturated heterocycles. The number of aryl methyl sites for hydroxylation is 4. The molecule has 43 heavy (non-hydrogen) atoms. The Morgan fingerprint density at radius 1 is 0.907 bits per heavy atom. The standard InChI is InChI=1S/C38H46FN3O/c1-2-9-28-10-8-11-29-14-15-30(37(28)29)25-31-16-18-33(43)19-17-32-26-40-36(41-38(31)32)21-13-27-12-20-35(34(39)24-27)42-22-6-4-3-5-7-23-42/h8,10-12,17,19-20,24,26,30-31H,2-7,9,13-16,18,21-23,25H2,1H3. The molecule has 0 saturated carbocycles. The summed E-state index contributed by atoms with van der Waals surface area (Å²) in [4.78, 5) is 24.6. The number of halogens is 1. The van der Waals surface area contributed by atoms with Gasteiger partial charge in [-0.2, -0.15) is 0 Å². The molecular formula is C38H46FN3O. The number of benzene rings is 2. The molecule has 0 N–H and O–H groups in total. The topological polar surface area (TPSA) is 46.1 Å². The van der Waals surface area contributed by atoms with Crippen molar-refractivity contribution in [2.75, 3.05) is 18.0 Å². The van der Waals surface area contributed by atoms with Gasteiger partial charge < -0.3 is 4.90 Å². The number of aromatic nitrogens is 2. The highest BCUT2D eigenvalue weighted by Crippen LogP contribution is 2.44. The summed E-state index contributed by atoms with van der Waals surface area (Å²) >= 11 is 0. The number of rotatable bonds is 8. The van der Waals surface area contributed by atoms with Gasteiger partial charge in [-0.3, -0.25) is 4.79 Å². The number of fused-ring (bicyclic) bond motifs is 2. The molecule has 4 nitrogen and oxygen atoms in total. The Labute approximate surface area is 256 Å². The van der Waals surface area contributed by atoms with Crippen LogP contribution in [0.4, 0.5) is 10.1 Å². The van der Waals surface area contributed by atoms with Gasteiger partial charge >= 0.3 is 0 Å². The third kappa shape index (κ3) is 7.08. The molecule has 5 heteroatoms. The van der Waals surface area contributed by atoms with Crippen molar-refractivity contribution in [3.63, 3.8) is 0 Å². The zero-order chi connectivity index (χ0) is 29.6. The lowest BCUT2D eigenvalue weighted by atomic mass is 9.81. The number of ketones is 1. The van der Waals surface area contributed by atoms with Gasteiger partial charge in [0.1, 0.15) is 11.6 Å². The van der Waals surface area contributed by atoms with Crippen molar-refractivity contribution in [1.29, 1.82) is 0 Å². The summed E-state index contributed by atoms with van der Waals surface area (Å²) in [5.74, 6) is 1.58. The molecular weight excluding hydrogens is 533 g/mol. The summed E-state index contributed by atoms with van der Waals surface area (Å²) in [6.45, 7) is 4.13. The minimum absolute atomic E-state index is 0.119. The van der Waals surface area contributed by atoms with Crippen LogP contribution in [0.25, 0.3) is 6.08 Å². The predicted molar refractivity (Wildman–Crippen MR) is 173 cm³/mol. The summed E-state index contributed by atoms with van der Waals surface area (Å²) in [6.07, 6.45) is 19.9. The highest BCUT2D eigenvalue weighted by atomic mass is 19.1. The lowest BCUT2D eigenvalue weighted by molar-refractivity contribution is -0.114. The number of hydrogen-bond donors (Lipinski definition) is 0. The van der Waals surface area contributed by atoms with Crippen molar-refractivity contribution >= 4 is 17.5 Å². The Balaban J connectivity index is 1.20. The predicted octanol–water partition coefficient (Wildman–Crippen LogP) is 8.70. The zero-order valence-electron chi connectivity index (χ0n) is 25.8. The van der Waals surface area contributed by atoms with Crippen LogP contribution in [-0.4, -0.2) is 28.8 Å². The number of allylic oxidation sites excluding steroid dienone is 1. The Morgan fingerprint density at radius 3 is 2.53 bits per heavy atom. The summed E-state index contributed by atoms with van der Waals surface area (Å²) in [7, 11) is 0. The molecule has 2 unspecified atom stereocenters. The number of hydrogen-bond acceptors (Lipinski definition) is 4. The van der Waals surface area contributed by atoms with E-state index in [0.29, 0.717) is 25.2 Å². The maximum atomic E-state index is 15.3. The second-order valence-corrected chi connectivity index (χ2v) is 12.9. The van der Waals surface area contributed by atoms with E-state index in [9.17, 15) is 4.79 Å². The Bertz CT molecular complexity index is 1460. The lowest BCUT2D eigenvalue weighted by Crippen LogP contribution is -2.27. The summed E-state index contributed by atoms with van der Waals surface area (Å²) in [5.41, 5.74) is 8.33. The van der Waals surface area contributed by atoms with Gasteiger partial charge in [0.15, 0.2) is 5.78 Å². The van der Waals surface area contributed by atoms with E-state index in [-0.39, 0.29) is 17.5 Å². The molecule has 2 aromatic carbocycles. The fourth-order valence-corrected chi connectivity index (χ4v) is 7.62. The molecule has 3 aromatic rings. The summed E-state index contributed by atoms with van der Waals surface area (Å²) in [6, 6.07) is 12.6. The van der Waals surface area contributed by atoms with Crippen molar-refractivity contribution in [3.05, 3.63) is 93.8 Å². The first-order valence-electron chi connectivity index (χ1n) is 16.8. The highest BCUT2D eigenvalue weighted by molar-refractivity contribution is 5.94. The highest BCUT2D eigenvalue weighted by Gasteiger charge is 2.30. The van der Waals surface area contributed by atoms with E-state index in [0.717, 1.165) is 86.4 Å². The van der Waals surface area contributed by atoms with Crippen molar-refractivity contribution in [2.24, 2.45) is 0 Å². The van der Waals surface area contributed by atoms with E-state index >= 15 is 4.39 Å². The smallest absolute Gasteiger partial charge is 0.155 e. The Hall–Kier alpha value is -3.34. The molecule has 0 spiro atoms. The van der Waals surface area contributed by atoms with Gasteiger partial charge in [-0.25, -0.2) is 14.4 Å². The average Bonchev–Trinajstić information content (AvgIpc) is 3.41. The molecule has 226 valence electrons. The first-order valence-corrected chi connectivity index (χ1v) is 16.8. The van der Waals surface area contributed by atoms with Crippen LogP contribution in [0.3, 0.4) is 0 Å². The third-order valence-electron chi connectivity index (χ3n) is 9.86. The van der Waals surface area contributed by atoms with Crippen LogP contribution in [0.2, 0.25) is 0 Å². The molecule has 0 bridgehead atoms. The Morgan fingerprint density at radius 2 is 1.72 bits per heavy atom. The van der Waals surface area contributed by atoms with E-state index < -0.39 is 0 Å². The van der Waals surface area contributed by atoms with E-state index in [1.165, 1.54) is 36.8 Å². The number of carbonyl (C=O) groups is 1. The first-order chi connectivity index (χ1) is 21.1. The second kappa shape index (κ2) is 14.0. The van der Waals surface area contributed by atoms with Crippen molar-refractivity contribution in [3.8, 4) is 0 Å². The van der Waals surface area contributed by atoms with Crippen LogP contribution in [-0.2, 0) is 30.5 Å². The third-order valence-corrected chi connectivity index (χ3v) is 9.86. The maximum Gasteiger partial charge on any atom is 0.155 e. The van der Waals surface area contributed by atoms with Crippen LogP contribution in [0, 0.1) is 5.82 Å². The molecule has 1 fully saturated rings. The molecule has 3 aliphatic rings. The van der Waals surface area contributed by atoms with Gasteiger partial charge in [-0.1, -0.05) is 56.9 Å². The molecule has 1 aliphatic heterocycles. The van der Waals surface area contributed by atoms with Crippen LogP contribution in [0.1, 0.15) is 122 Å². The fourth-order valence-electron chi connectivity index (χ4n) is 7.62. The molecule has 1 aromatic heterocycles. The number of nitrogens with zero attached hydrogens (tertiary/aromatic N) is 3. The van der Waals surface area contributed by atoms with E-state index in [1.807, 2.05) is 18.3 Å². The Kier molecular flexibility index (Phi) is 9.65. The minimum Gasteiger partial charge on any atom is -0.369 e. The van der Waals surface area contributed by atoms with Crippen molar-refractivity contribution < 1.29 is 9.18 Å². The SMILES string of the molecule is CCCc1cccc2c1C(CC1CCC(=O)C=Cc3cnc(CCc4ccc(N5CCCCCCC5)c(F)c4)nc31)CC2. The minimum atomic E-state index is -0.119. The lowest BCUT2D eigenvalue weighted by Gasteiger charge is -2.27. The first kappa shape index (κ1) is 29.7. The number of carbonyl (C=O) groups excluding carboxylic acids is 1. The van der Waals surface area contributed by atoms with Crippen molar-refractivity contribution in [2.45, 2.75) is 109 Å². The molecule has 0 amide bonds. The normalized spacial score (nSPS) is 20.6. The quantitative estimate of drug-likeness (QED) is 0.268. The van der Waals surface area contributed by atoms with Gasteiger partial charge in [-0.15, -0.1) is 0 Å². The molecule has 2 atom stereocenters. The summed E-state index contributed by atoms with van der Waals surface area (Å²) < 4.78 is 15.3. The van der Waals surface area contributed by atoms with Crippen molar-refractivity contribution in [1.82, 2.24) is 9.97 Å². The largest absolute Gasteiger partial charge is 0.369 e. The van der Waals surface area contributed by atoms with Gasteiger partial charge in [0, 0.05) is 43.6 Å². The second-order valence-electron chi connectivity index (χ2n) is 12.9. The van der Waals surface area contributed by atoms with Crippen LogP contribution < -0.4 is 4.90 Å². The van der Waals surface area contributed by atoms with Crippen LogP contribution in [0.5, 0.6) is 0 Å². The van der Waals surface area contributed by atoms with E-state index in [2.05, 4.69) is 36.1 Å². The number of anilines is 1. The van der Waals surface area contributed by atoms with E-state index in [1.54, 1.807) is 17.7 Å². The van der Waals surface area contributed by atoms with Gasteiger partial charge in [0.2, 0.25) is 0 Å². The fraction of sp³-hybridized carbons (Fsp3) is 0.500. The molecule has 2 aliphatic carbocycles. The molecule has 6 rings (SSSR count). The zero-order valence-corrected chi connectivity index (χ0v) is 25.8. The monoisotopic (exact) mass is 579 g/mol. The summed E-state index contributed by atoms with van der Waals surface area (Å²) in [5, 5.41) is 0. The average molecular weight is 580 g/mol. The van der Waals surface area contributed by atoms with E-state index in [4.69, 9.17) is 9.97 Å². The van der Waals surface area contributed by atoms with Gasteiger partial charge in [0.25, 0.3) is 0 Å². The molecule has 0 radical (unpaired) electrons.